The molecule has 0 aromatic heterocycles. The van der Waals surface area contributed by atoms with Gasteiger partial charge in [0.1, 0.15) is 5.54 Å². The van der Waals surface area contributed by atoms with Gasteiger partial charge in [-0.25, -0.2) is 0 Å². The number of benzene rings is 1. The summed E-state index contributed by atoms with van der Waals surface area (Å²) >= 11 is 0. The number of carboxylic acids is 2. The maximum atomic E-state index is 11.2. The summed E-state index contributed by atoms with van der Waals surface area (Å²) in [6, 6.07) is 9.08. The first kappa shape index (κ1) is 12.6. The van der Waals surface area contributed by atoms with Crippen LogP contribution in [0, 0.1) is 5.92 Å². The summed E-state index contributed by atoms with van der Waals surface area (Å²) in [6.45, 7) is 0. The van der Waals surface area contributed by atoms with Crippen molar-refractivity contribution in [2.45, 2.75) is 24.3 Å². The lowest BCUT2D eigenvalue weighted by Gasteiger charge is -2.18. The number of nitrogens with two attached hydrogens (primary N) is 1. The van der Waals surface area contributed by atoms with E-state index in [0.717, 1.165) is 5.56 Å². The van der Waals surface area contributed by atoms with Crippen molar-refractivity contribution in [3.63, 3.8) is 0 Å². The summed E-state index contributed by atoms with van der Waals surface area (Å²) in [6.07, 6.45) is 0.126. The second-order valence-electron chi connectivity index (χ2n) is 4.83. The average Bonchev–Trinajstić information content (AvgIpc) is 2.70. The number of carbonyl (C=O) groups is 2. The first-order chi connectivity index (χ1) is 8.44. The van der Waals surface area contributed by atoms with Crippen molar-refractivity contribution in [2.75, 3.05) is 0 Å². The van der Waals surface area contributed by atoms with Gasteiger partial charge in [0.15, 0.2) is 0 Å². The van der Waals surface area contributed by atoms with Gasteiger partial charge in [0.25, 0.3) is 0 Å². The van der Waals surface area contributed by atoms with E-state index in [4.69, 9.17) is 10.8 Å². The van der Waals surface area contributed by atoms with Gasteiger partial charge in [0.2, 0.25) is 0 Å². The van der Waals surface area contributed by atoms with E-state index < -0.39 is 23.4 Å². The Bertz CT molecular complexity index is 473. The molecular weight excluding hydrogens is 234 g/mol. The van der Waals surface area contributed by atoms with Gasteiger partial charge in [-0.15, -0.1) is 0 Å². The van der Waals surface area contributed by atoms with E-state index in [1.165, 1.54) is 0 Å². The molecule has 4 N–H and O–H groups in total. The normalized spacial score (nSPS) is 31.2. The Morgan fingerprint density at radius 1 is 1.17 bits per heavy atom. The first-order valence-corrected chi connectivity index (χ1v) is 5.74. The number of aliphatic carboxylic acids is 2. The van der Waals surface area contributed by atoms with Gasteiger partial charge >= 0.3 is 11.9 Å². The van der Waals surface area contributed by atoms with E-state index in [-0.39, 0.29) is 18.8 Å². The quantitative estimate of drug-likeness (QED) is 0.743. The lowest BCUT2D eigenvalue weighted by atomic mass is 9.89. The molecule has 0 unspecified atom stereocenters. The van der Waals surface area contributed by atoms with Gasteiger partial charge in [-0.3, -0.25) is 9.59 Å². The van der Waals surface area contributed by atoms with E-state index in [9.17, 15) is 14.7 Å². The minimum Gasteiger partial charge on any atom is -0.481 e. The summed E-state index contributed by atoms with van der Waals surface area (Å²) in [5.41, 5.74) is 5.19. The van der Waals surface area contributed by atoms with Gasteiger partial charge < -0.3 is 15.9 Å². The van der Waals surface area contributed by atoms with Gasteiger partial charge in [-0.05, 0) is 24.3 Å². The molecule has 96 valence electrons. The summed E-state index contributed by atoms with van der Waals surface area (Å²) in [4.78, 5) is 22.4. The lowest BCUT2D eigenvalue weighted by Crippen LogP contribution is -2.45. The van der Waals surface area contributed by atoms with Crippen molar-refractivity contribution in [1.82, 2.24) is 0 Å². The molecule has 1 aromatic carbocycles. The molecule has 1 aliphatic rings. The maximum Gasteiger partial charge on any atom is 0.323 e. The van der Waals surface area contributed by atoms with Crippen LogP contribution in [0.2, 0.25) is 0 Å². The van der Waals surface area contributed by atoms with E-state index in [1.807, 2.05) is 30.3 Å². The Kier molecular flexibility index (Phi) is 3.09. The van der Waals surface area contributed by atoms with Crippen LogP contribution in [0.3, 0.4) is 0 Å². The molecule has 18 heavy (non-hydrogen) atoms. The van der Waals surface area contributed by atoms with Crippen LogP contribution in [0.5, 0.6) is 0 Å². The van der Waals surface area contributed by atoms with Gasteiger partial charge in [-0.2, -0.15) is 0 Å². The molecule has 0 amide bonds. The molecule has 0 saturated heterocycles. The van der Waals surface area contributed by atoms with Crippen LogP contribution < -0.4 is 5.73 Å². The van der Waals surface area contributed by atoms with Gasteiger partial charge in [0, 0.05) is 0 Å². The minimum atomic E-state index is -1.44. The zero-order valence-corrected chi connectivity index (χ0v) is 9.74. The topological polar surface area (TPSA) is 101 Å². The van der Waals surface area contributed by atoms with Crippen molar-refractivity contribution >= 4 is 11.9 Å². The molecule has 0 heterocycles. The lowest BCUT2D eigenvalue weighted by molar-refractivity contribution is -0.144. The largest absolute Gasteiger partial charge is 0.481 e. The van der Waals surface area contributed by atoms with Gasteiger partial charge in [0.05, 0.1) is 5.92 Å². The van der Waals surface area contributed by atoms with Crippen molar-refractivity contribution in [2.24, 2.45) is 11.7 Å². The molecule has 1 saturated carbocycles. The van der Waals surface area contributed by atoms with Crippen LogP contribution in [-0.2, 0) is 9.59 Å². The molecule has 5 heteroatoms. The molecule has 0 spiro atoms. The molecule has 0 aliphatic heterocycles. The van der Waals surface area contributed by atoms with Crippen molar-refractivity contribution in [3.05, 3.63) is 35.9 Å². The highest BCUT2D eigenvalue weighted by Crippen LogP contribution is 2.44. The summed E-state index contributed by atoms with van der Waals surface area (Å²) in [5, 5.41) is 18.3. The molecular formula is C13H15NO4. The molecule has 5 nitrogen and oxygen atoms in total. The monoisotopic (exact) mass is 249 g/mol. The zero-order chi connectivity index (χ0) is 13.3. The Hall–Kier alpha value is -1.88. The molecule has 1 aliphatic carbocycles. The smallest absolute Gasteiger partial charge is 0.323 e. The van der Waals surface area contributed by atoms with E-state index in [1.54, 1.807) is 0 Å². The van der Waals surface area contributed by atoms with Crippen LogP contribution in [0.1, 0.15) is 24.3 Å². The number of hydrogen-bond donors (Lipinski definition) is 3. The van der Waals surface area contributed by atoms with Crippen molar-refractivity contribution < 1.29 is 19.8 Å². The standard InChI is InChI=1S/C13H15NO4/c14-13(12(17)18)6-9(10(7-13)11(15)16)8-4-2-1-3-5-8/h1-5,9-10H,6-7,14H2,(H,15,16)(H,17,18)/t9-,10+,13-/m1/s1. The number of hydrogen-bond acceptors (Lipinski definition) is 3. The number of carboxylic acid groups (broad SMARTS) is 2. The highest BCUT2D eigenvalue weighted by atomic mass is 16.4. The Balaban J connectivity index is 2.34. The van der Waals surface area contributed by atoms with E-state index in [2.05, 4.69) is 0 Å². The fraction of sp³-hybridized carbons (Fsp3) is 0.385. The van der Waals surface area contributed by atoms with E-state index in [0.29, 0.717) is 0 Å². The van der Waals surface area contributed by atoms with Gasteiger partial charge in [-0.1, -0.05) is 30.3 Å². The minimum absolute atomic E-state index is 0.0305. The Labute approximate surface area is 104 Å². The Morgan fingerprint density at radius 2 is 1.78 bits per heavy atom. The summed E-state index contributed by atoms with van der Waals surface area (Å²) in [7, 11) is 0. The molecule has 0 radical (unpaired) electrons. The fourth-order valence-electron chi connectivity index (χ4n) is 2.64. The maximum absolute atomic E-state index is 11.2. The summed E-state index contributed by atoms with van der Waals surface area (Å²) in [5.74, 6) is -3.21. The third-order valence-electron chi connectivity index (χ3n) is 3.62. The molecule has 1 fully saturated rings. The zero-order valence-electron chi connectivity index (χ0n) is 9.74. The number of rotatable bonds is 3. The van der Waals surface area contributed by atoms with Crippen LogP contribution in [0.4, 0.5) is 0 Å². The first-order valence-electron chi connectivity index (χ1n) is 5.74. The average molecular weight is 249 g/mol. The second-order valence-corrected chi connectivity index (χ2v) is 4.83. The second kappa shape index (κ2) is 4.42. The van der Waals surface area contributed by atoms with Crippen LogP contribution in [-0.4, -0.2) is 27.7 Å². The van der Waals surface area contributed by atoms with E-state index >= 15 is 0 Å². The van der Waals surface area contributed by atoms with Crippen LogP contribution in [0.25, 0.3) is 0 Å². The predicted molar refractivity (Wildman–Crippen MR) is 64.1 cm³/mol. The molecule has 3 atom stereocenters. The highest BCUT2D eigenvalue weighted by Gasteiger charge is 2.50. The van der Waals surface area contributed by atoms with Crippen LogP contribution >= 0.6 is 0 Å². The Morgan fingerprint density at radius 3 is 2.28 bits per heavy atom. The van der Waals surface area contributed by atoms with Crippen LogP contribution in [0.15, 0.2) is 30.3 Å². The summed E-state index contributed by atoms with van der Waals surface area (Å²) < 4.78 is 0. The molecule has 0 bridgehead atoms. The highest BCUT2D eigenvalue weighted by molar-refractivity contribution is 5.82. The molecule has 2 rings (SSSR count). The SMILES string of the molecule is N[C@@]1(C(=O)O)C[C@H](C(=O)O)[C@@H](c2ccccc2)C1. The fourth-order valence-corrected chi connectivity index (χ4v) is 2.64. The van der Waals surface area contributed by atoms with Crippen molar-refractivity contribution in [3.8, 4) is 0 Å². The molecule has 1 aromatic rings. The third-order valence-corrected chi connectivity index (χ3v) is 3.62. The predicted octanol–water partition coefficient (Wildman–Crippen LogP) is 1.05. The van der Waals surface area contributed by atoms with Crippen molar-refractivity contribution in [1.29, 1.82) is 0 Å². The third kappa shape index (κ3) is 2.09.